The molecule has 0 bridgehead atoms. The third kappa shape index (κ3) is 2.93. The zero-order chi connectivity index (χ0) is 23.1. The van der Waals surface area contributed by atoms with E-state index < -0.39 is 40.4 Å². The molecule has 164 valence electrons. The molecule has 11 nitrogen and oxygen atoms in total. The number of carbonyl (C=O) groups is 3. The quantitative estimate of drug-likeness (QED) is 0.326. The Balaban J connectivity index is 2.51. The van der Waals surface area contributed by atoms with E-state index in [9.17, 15) is 29.7 Å². The lowest BCUT2D eigenvalue weighted by atomic mass is 9.70. The van der Waals surface area contributed by atoms with Crippen molar-refractivity contribution in [3.05, 3.63) is 46.2 Å². The summed E-state index contributed by atoms with van der Waals surface area (Å²) in [4.78, 5) is 40.7. The van der Waals surface area contributed by atoms with Crippen molar-refractivity contribution in [1.29, 1.82) is 0 Å². The largest absolute Gasteiger partial charge is 0.493 e. The summed E-state index contributed by atoms with van der Waals surface area (Å²) < 4.78 is 20.5. The van der Waals surface area contributed by atoms with Gasteiger partial charge in [0.15, 0.2) is 22.8 Å². The van der Waals surface area contributed by atoms with Gasteiger partial charge in [0, 0.05) is 11.1 Å². The molecule has 0 aliphatic carbocycles. The molecule has 0 spiro atoms. The molecule has 1 aliphatic rings. The number of carboxylic acid groups (broad SMARTS) is 2. The average molecular weight is 454 g/mol. The van der Waals surface area contributed by atoms with E-state index in [2.05, 4.69) is 4.98 Å². The summed E-state index contributed by atoms with van der Waals surface area (Å²) in [7, 11) is 3.85. The van der Waals surface area contributed by atoms with Gasteiger partial charge in [-0.25, -0.2) is 19.4 Å². The Kier molecular flexibility index (Phi) is 5.42. The second-order valence-corrected chi connectivity index (χ2v) is 6.72. The van der Waals surface area contributed by atoms with Gasteiger partial charge in [-0.3, -0.25) is 0 Å². The van der Waals surface area contributed by atoms with Gasteiger partial charge in [0.2, 0.25) is 5.75 Å². The molecular formula is C19H16ClNO10. The summed E-state index contributed by atoms with van der Waals surface area (Å²) >= 11 is 5.82. The lowest BCUT2D eigenvalue weighted by Crippen LogP contribution is -2.67. The van der Waals surface area contributed by atoms with Crippen molar-refractivity contribution >= 4 is 29.5 Å². The maximum Gasteiger partial charge on any atom is 0.364 e. The average Bonchev–Trinajstić information content (AvgIpc) is 2.74. The summed E-state index contributed by atoms with van der Waals surface area (Å²) in [5.74, 6) is -5.60. The number of hydrogen-bond donors (Lipinski definition) is 3. The van der Waals surface area contributed by atoms with Crippen molar-refractivity contribution in [1.82, 2.24) is 4.98 Å². The monoisotopic (exact) mass is 453 g/mol. The predicted molar refractivity (Wildman–Crippen MR) is 102 cm³/mol. The van der Waals surface area contributed by atoms with Gasteiger partial charge in [0.05, 0.1) is 21.3 Å². The molecule has 0 radical (unpaired) electrons. The van der Waals surface area contributed by atoms with Crippen LogP contribution in [0.15, 0.2) is 24.3 Å². The van der Waals surface area contributed by atoms with Gasteiger partial charge in [-0.05, 0) is 18.2 Å². The van der Waals surface area contributed by atoms with E-state index in [4.69, 9.17) is 30.5 Å². The lowest BCUT2D eigenvalue weighted by molar-refractivity contribution is -0.205. The van der Waals surface area contributed by atoms with Crippen LogP contribution in [0.5, 0.6) is 17.2 Å². The number of hydrogen-bond acceptors (Lipinski definition) is 9. The number of esters is 1. The van der Waals surface area contributed by atoms with Crippen molar-refractivity contribution < 1.29 is 48.7 Å². The Morgan fingerprint density at radius 1 is 1.03 bits per heavy atom. The Morgan fingerprint density at radius 2 is 1.58 bits per heavy atom. The number of fused-ring (bicyclic) bond motifs is 1. The van der Waals surface area contributed by atoms with E-state index in [0.29, 0.717) is 0 Å². The SMILES string of the molecule is COc1cc(C2(O)c3ccc(Cl)nc3C(=O)OC2(C(=O)O)C(=O)O)cc(OC)c1OC. The van der Waals surface area contributed by atoms with E-state index in [1.807, 2.05) is 0 Å². The summed E-state index contributed by atoms with van der Waals surface area (Å²) in [6.07, 6.45) is 0. The number of aliphatic hydroxyl groups is 1. The summed E-state index contributed by atoms with van der Waals surface area (Å²) in [6, 6.07) is 4.53. The number of halogens is 1. The van der Waals surface area contributed by atoms with E-state index in [0.717, 1.165) is 24.3 Å². The number of methoxy groups -OCH3 is 3. The Morgan fingerprint density at radius 3 is 2.03 bits per heavy atom. The van der Waals surface area contributed by atoms with Crippen LogP contribution in [-0.2, 0) is 19.9 Å². The zero-order valence-corrected chi connectivity index (χ0v) is 17.1. The highest BCUT2D eigenvalue weighted by atomic mass is 35.5. The van der Waals surface area contributed by atoms with Crippen LogP contribution in [0, 0.1) is 0 Å². The van der Waals surface area contributed by atoms with Crippen molar-refractivity contribution in [3.63, 3.8) is 0 Å². The van der Waals surface area contributed by atoms with Crippen LogP contribution in [-0.4, -0.2) is 65.1 Å². The van der Waals surface area contributed by atoms with Gasteiger partial charge in [0.25, 0.3) is 0 Å². The predicted octanol–water partition coefficient (Wildman–Crippen LogP) is 1.08. The molecule has 1 aromatic heterocycles. The normalized spacial score (nSPS) is 19.1. The molecule has 2 aromatic rings. The third-order valence-electron chi connectivity index (χ3n) is 4.88. The molecule has 0 saturated heterocycles. The van der Waals surface area contributed by atoms with E-state index in [1.165, 1.54) is 21.3 Å². The van der Waals surface area contributed by atoms with E-state index in [-0.39, 0.29) is 28.0 Å². The maximum atomic E-state index is 12.5. The van der Waals surface area contributed by atoms with Crippen LogP contribution >= 0.6 is 11.6 Å². The number of pyridine rings is 1. The topological polar surface area (TPSA) is 162 Å². The Labute approximate surface area is 179 Å². The molecule has 0 amide bonds. The fourth-order valence-corrected chi connectivity index (χ4v) is 3.62. The van der Waals surface area contributed by atoms with Crippen molar-refractivity contribution in [3.8, 4) is 17.2 Å². The lowest BCUT2D eigenvalue weighted by Gasteiger charge is -2.44. The molecule has 31 heavy (non-hydrogen) atoms. The van der Waals surface area contributed by atoms with E-state index in [1.54, 1.807) is 0 Å². The maximum absolute atomic E-state index is 12.5. The number of nitrogens with zero attached hydrogens (tertiary/aromatic N) is 1. The molecule has 0 saturated carbocycles. The fourth-order valence-electron chi connectivity index (χ4n) is 3.47. The van der Waals surface area contributed by atoms with Gasteiger partial charge in [-0.2, -0.15) is 0 Å². The summed E-state index contributed by atoms with van der Waals surface area (Å²) in [5.41, 5.74) is -7.80. The van der Waals surface area contributed by atoms with Gasteiger partial charge >= 0.3 is 23.5 Å². The van der Waals surface area contributed by atoms with Crippen LogP contribution in [0.2, 0.25) is 5.15 Å². The number of cyclic esters (lactones) is 1. The standard InChI is InChI=1S/C19H16ClNO10/c1-28-10-6-8(7-11(29-2)14(10)30-3)18(27)9-4-5-12(20)21-13(9)15(22)31-19(18,16(23)24)17(25)26/h4-7,27H,1-3H3,(H,23,24)(H,25,26). The molecule has 0 fully saturated rings. The number of aromatic nitrogens is 1. The number of carbonyl (C=O) groups excluding carboxylic acids is 1. The highest BCUT2D eigenvalue weighted by Crippen LogP contribution is 2.51. The molecule has 1 aliphatic heterocycles. The smallest absolute Gasteiger partial charge is 0.364 e. The van der Waals surface area contributed by atoms with Gasteiger partial charge < -0.3 is 34.3 Å². The molecule has 2 heterocycles. The second kappa shape index (κ2) is 7.60. The highest BCUT2D eigenvalue weighted by molar-refractivity contribution is 6.29. The number of rotatable bonds is 6. The summed E-state index contributed by atoms with van der Waals surface area (Å²) in [6.45, 7) is 0. The minimum atomic E-state index is -3.47. The molecular weight excluding hydrogens is 438 g/mol. The second-order valence-electron chi connectivity index (χ2n) is 6.34. The van der Waals surface area contributed by atoms with Crippen molar-refractivity contribution in [2.24, 2.45) is 0 Å². The number of ether oxygens (including phenoxy) is 4. The van der Waals surface area contributed by atoms with Gasteiger partial charge in [-0.15, -0.1) is 0 Å². The van der Waals surface area contributed by atoms with Crippen LogP contribution in [0.25, 0.3) is 0 Å². The van der Waals surface area contributed by atoms with Crippen LogP contribution in [0.4, 0.5) is 0 Å². The first-order valence-corrected chi connectivity index (χ1v) is 8.86. The zero-order valence-electron chi connectivity index (χ0n) is 16.3. The number of benzene rings is 1. The molecule has 1 unspecified atom stereocenters. The molecule has 3 rings (SSSR count). The number of carboxylic acids is 2. The van der Waals surface area contributed by atoms with Crippen LogP contribution in [0.3, 0.4) is 0 Å². The molecule has 1 atom stereocenters. The summed E-state index contributed by atoms with van der Waals surface area (Å²) in [5, 5.41) is 31.3. The Hall–Kier alpha value is -3.57. The van der Waals surface area contributed by atoms with Crippen LogP contribution in [0.1, 0.15) is 21.6 Å². The van der Waals surface area contributed by atoms with Crippen molar-refractivity contribution in [2.75, 3.05) is 21.3 Å². The van der Waals surface area contributed by atoms with Gasteiger partial charge in [0.1, 0.15) is 5.15 Å². The van der Waals surface area contributed by atoms with Gasteiger partial charge in [-0.1, -0.05) is 17.7 Å². The number of aliphatic carboxylic acids is 2. The third-order valence-corrected chi connectivity index (χ3v) is 5.10. The first kappa shape index (κ1) is 22.1. The highest BCUT2D eigenvalue weighted by Gasteiger charge is 2.71. The first-order valence-electron chi connectivity index (χ1n) is 8.48. The van der Waals surface area contributed by atoms with E-state index >= 15 is 0 Å². The first-order chi connectivity index (χ1) is 14.6. The minimum Gasteiger partial charge on any atom is -0.493 e. The molecule has 3 N–H and O–H groups in total. The van der Waals surface area contributed by atoms with Crippen molar-refractivity contribution in [2.45, 2.75) is 11.2 Å². The molecule has 1 aromatic carbocycles. The Bertz CT molecular complexity index is 1060. The fraction of sp³-hybridized carbons (Fsp3) is 0.263. The molecule has 12 heteroatoms. The minimum absolute atomic E-state index is 0.0182. The van der Waals surface area contributed by atoms with Crippen LogP contribution < -0.4 is 14.2 Å².